The van der Waals surface area contributed by atoms with Gasteiger partial charge in [-0.1, -0.05) is 19.3 Å². The molecule has 1 aliphatic rings. The summed E-state index contributed by atoms with van der Waals surface area (Å²) in [6, 6.07) is 0. The van der Waals surface area contributed by atoms with Crippen molar-refractivity contribution in [1.29, 1.82) is 0 Å². The SMILES string of the molecule is CCNC(=NCCOC1CCCCC1)NN. The molecular formula is C11H24N4O. The number of hydrogen-bond donors (Lipinski definition) is 3. The Bertz CT molecular complexity index is 202. The van der Waals surface area contributed by atoms with Crippen LogP contribution in [0, 0.1) is 0 Å². The summed E-state index contributed by atoms with van der Waals surface area (Å²) in [4.78, 5) is 4.26. The number of hydrogen-bond acceptors (Lipinski definition) is 3. The average Bonchev–Trinajstić information content (AvgIpc) is 2.34. The minimum atomic E-state index is 0.456. The van der Waals surface area contributed by atoms with Crippen LogP contribution in [0.25, 0.3) is 0 Å². The third-order valence-electron chi connectivity index (χ3n) is 2.75. The Labute approximate surface area is 97.8 Å². The van der Waals surface area contributed by atoms with Crippen molar-refractivity contribution in [3.8, 4) is 0 Å². The second kappa shape index (κ2) is 8.35. The third kappa shape index (κ3) is 5.32. The van der Waals surface area contributed by atoms with E-state index in [1.165, 1.54) is 32.1 Å². The Morgan fingerprint density at radius 1 is 1.38 bits per heavy atom. The van der Waals surface area contributed by atoms with Gasteiger partial charge in [0.15, 0.2) is 0 Å². The number of hydrazine groups is 1. The van der Waals surface area contributed by atoms with Crippen LogP contribution in [0.3, 0.4) is 0 Å². The van der Waals surface area contributed by atoms with E-state index in [4.69, 9.17) is 10.6 Å². The van der Waals surface area contributed by atoms with E-state index in [0.29, 0.717) is 25.2 Å². The van der Waals surface area contributed by atoms with Crippen molar-refractivity contribution in [2.45, 2.75) is 45.1 Å². The lowest BCUT2D eigenvalue weighted by Crippen LogP contribution is -2.41. The average molecular weight is 228 g/mol. The summed E-state index contributed by atoms with van der Waals surface area (Å²) in [5, 5.41) is 3.03. The summed E-state index contributed by atoms with van der Waals surface area (Å²) in [5.74, 6) is 5.93. The van der Waals surface area contributed by atoms with Gasteiger partial charge in [-0.2, -0.15) is 0 Å². The number of nitrogens with zero attached hydrogens (tertiary/aromatic N) is 1. The molecule has 0 atom stereocenters. The molecule has 1 aliphatic carbocycles. The molecule has 0 spiro atoms. The maximum atomic E-state index is 5.75. The topological polar surface area (TPSA) is 71.7 Å². The zero-order valence-corrected chi connectivity index (χ0v) is 10.2. The molecule has 0 saturated heterocycles. The molecule has 0 bridgehead atoms. The van der Waals surface area contributed by atoms with Crippen molar-refractivity contribution in [2.24, 2.45) is 10.8 Å². The molecule has 0 unspecified atom stereocenters. The van der Waals surface area contributed by atoms with Crippen molar-refractivity contribution in [3.05, 3.63) is 0 Å². The minimum absolute atomic E-state index is 0.456. The van der Waals surface area contributed by atoms with Crippen molar-refractivity contribution < 1.29 is 4.74 Å². The zero-order chi connectivity index (χ0) is 11.6. The second-order valence-corrected chi connectivity index (χ2v) is 4.04. The van der Waals surface area contributed by atoms with Gasteiger partial charge in [0.2, 0.25) is 5.96 Å². The van der Waals surface area contributed by atoms with Gasteiger partial charge in [0, 0.05) is 6.54 Å². The molecule has 1 rings (SSSR count). The highest BCUT2D eigenvalue weighted by Gasteiger charge is 2.12. The van der Waals surface area contributed by atoms with Crippen LogP contribution in [-0.4, -0.2) is 31.8 Å². The molecule has 0 aliphatic heterocycles. The Balaban J connectivity index is 2.09. The molecule has 0 aromatic carbocycles. The molecule has 0 radical (unpaired) electrons. The van der Waals surface area contributed by atoms with E-state index in [0.717, 1.165) is 6.54 Å². The molecule has 1 fully saturated rings. The molecule has 0 aromatic heterocycles. The fraction of sp³-hybridized carbons (Fsp3) is 0.909. The first-order chi connectivity index (χ1) is 7.86. The molecule has 0 aromatic rings. The van der Waals surface area contributed by atoms with Crippen LogP contribution in [0.4, 0.5) is 0 Å². The number of rotatable bonds is 5. The maximum Gasteiger partial charge on any atom is 0.205 e. The molecule has 5 heteroatoms. The number of nitrogens with one attached hydrogen (secondary N) is 2. The normalized spacial score (nSPS) is 18.5. The number of guanidine groups is 1. The number of ether oxygens (including phenoxy) is 1. The van der Waals surface area contributed by atoms with Gasteiger partial charge in [-0.15, -0.1) is 0 Å². The fourth-order valence-corrected chi connectivity index (χ4v) is 1.93. The van der Waals surface area contributed by atoms with Gasteiger partial charge in [-0.3, -0.25) is 5.43 Å². The van der Waals surface area contributed by atoms with E-state index in [-0.39, 0.29) is 0 Å². The summed E-state index contributed by atoms with van der Waals surface area (Å²) < 4.78 is 5.75. The van der Waals surface area contributed by atoms with E-state index in [9.17, 15) is 0 Å². The maximum absolute atomic E-state index is 5.75. The Morgan fingerprint density at radius 2 is 2.12 bits per heavy atom. The molecule has 94 valence electrons. The zero-order valence-electron chi connectivity index (χ0n) is 10.2. The second-order valence-electron chi connectivity index (χ2n) is 4.04. The Kier molecular flexibility index (Phi) is 6.92. The van der Waals surface area contributed by atoms with E-state index in [2.05, 4.69) is 15.7 Å². The minimum Gasteiger partial charge on any atom is -0.376 e. The highest BCUT2D eigenvalue weighted by Crippen LogP contribution is 2.19. The van der Waals surface area contributed by atoms with Gasteiger partial charge in [0.05, 0.1) is 19.3 Å². The first kappa shape index (κ1) is 13.3. The van der Waals surface area contributed by atoms with Gasteiger partial charge in [-0.05, 0) is 19.8 Å². The lowest BCUT2D eigenvalue weighted by molar-refractivity contribution is 0.0334. The lowest BCUT2D eigenvalue weighted by Gasteiger charge is -2.21. The van der Waals surface area contributed by atoms with Gasteiger partial charge in [-0.25, -0.2) is 10.8 Å². The summed E-state index contributed by atoms with van der Waals surface area (Å²) in [7, 11) is 0. The van der Waals surface area contributed by atoms with Crippen LogP contribution in [0.1, 0.15) is 39.0 Å². The van der Waals surface area contributed by atoms with E-state index >= 15 is 0 Å². The largest absolute Gasteiger partial charge is 0.376 e. The lowest BCUT2D eigenvalue weighted by atomic mass is 9.98. The van der Waals surface area contributed by atoms with Crippen LogP contribution in [0.5, 0.6) is 0 Å². The molecular weight excluding hydrogens is 204 g/mol. The summed E-state index contributed by atoms with van der Waals surface area (Å²) in [6.07, 6.45) is 6.84. The molecule has 0 heterocycles. The van der Waals surface area contributed by atoms with E-state index in [1.807, 2.05) is 6.92 Å². The molecule has 1 saturated carbocycles. The monoisotopic (exact) mass is 228 g/mol. The van der Waals surface area contributed by atoms with E-state index in [1.54, 1.807) is 0 Å². The van der Waals surface area contributed by atoms with Crippen LogP contribution in [-0.2, 0) is 4.74 Å². The quantitative estimate of drug-likeness (QED) is 0.214. The van der Waals surface area contributed by atoms with Gasteiger partial charge in [0.25, 0.3) is 0 Å². The number of aliphatic imine (C=N–C) groups is 1. The first-order valence-electron chi connectivity index (χ1n) is 6.23. The van der Waals surface area contributed by atoms with Crippen molar-refractivity contribution >= 4 is 5.96 Å². The summed E-state index contributed by atoms with van der Waals surface area (Å²) in [6.45, 7) is 4.15. The smallest absolute Gasteiger partial charge is 0.205 e. The Morgan fingerprint density at radius 3 is 2.75 bits per heavy atom. The van der Waals surface area contributed by atoms with Crippen molar-refractivity contribution in [2.75, 3.05) is 19.7 Å². The van der Waals surface area contributed by atoms with Crippen LogP contribution in [0.2, 0.25) is 0 Å². The van der Waals surface area contributed by atoms with Crippen LogP contribution < -0.4 is 16.6 Å². The molecule has 0 amide bonds. The van der Waals surface area contributed by atoms with Gasteiger partial charge >= 0.3 is 0 Å². The highest BCUT2D eigenvalue weighted by atomic mass is 16.5. The van der Waals surface area contributed by atoms with Gasteiger partial charge in [0.1, 0.15) is 0 Å². The first-order valence-corrected chi connectivity index (χ1v) is 6.23. The number of nitrogens with two attached hydrogens (primary N) is 1. The van der Waals surface area contributed by atoms with Crippen LogP contribution >= 0.6 is 0 Å². The molecule has 5 nitrogen and oxygen atoms in total. The molecule has 16 heavy (non-hydrogen) atoms. The summed E-state index contributed by atoms with van der Waals surface area (Å²) in [5.41, 5.74) is 2.52. The highest BCUT2D eigenvalue weighted by molar-refractivity contribution is 5.79. The Hall–Kier alpha value is -0.810. The third-order valence-corrected chi connectivity index (χ3v) is 2.75. The van der Waals surface area contributed by atoms with Gasteiger partial charge < -0.3 is 10.1 Å². The van der Waals surface area contributed by atoms with Crippen LogP contribution in [0.15, 0.2) is 4.99 Å². The van der Waals surface area contributed by atoms with Crippen molar-refractivity contribution in [1.82, 2.24) is 10.7 Å². The summed E-state index contributed by atoms with van der Waals surface area (Å²) >= 11 is 0. The standard InChI is InChI=1S/C11H24N4O/c1-2-13-11(15-12)14-8-9-16-10-6-4-3-5-7-10/h10H,2-9,12H2,1H3,(H2,13,14,15). The van der Waals surface area contributed by atoms with E-state index < -0.39 is 0 Å². The fourth-order valence-electron chi connectivity index (χ4n) is 1.93. The predicted molar refractivity (Wildman–Crippen MR) is 66.1 cm³/mol. The molecule has 4 N–H and O–H groups in total. The predicted octanol–water partition coefficient (Wildman–Crippen LogP) is 0.765. The van der Waals surface area contributed by atoms with Crippen molar-refractivity contribution in [3.63, 3.8) is 0 Å².